The topological polar surface area (TPSA) is 74.6 Å². The summed E-state index contributed by atoms with van der Waals surface area (Å²) in [5, 5.41) is 19.9. The van der Waals surface area contributed by atoms with Crippen molar-refractivity contribution >= 4 is 11.9 Å². The summed E-state index contributed by atoms with van der Waals surface area (Å²) in [7, 11) is 0. The maximum atomic E-state index is 12.2. The summed E-state index contributed by atoms with van der Waals surface area (Å²) in [6.07, 6.45) is 18.5. The van der Waals surface area contributed by atoms with Crippen molar-refractivity contribution in [3.05, 3.63) is 0 Å². The van der Waals surface area contributed by atoms with E-state index in [9.17, 15) is 19.8 Å². The standard InChI is InChI=1S/C24H44O4/c1-3-5-6-7-8-9-10-11-12-13-14-15-19-24(22(27)28)20-17-16-18-23(24,4-2)21(25)26/h3-20H2,1-2H3,(H,25,26)(H,27,28). The first-order valence-electron chi connectivity index (χ1n) is 11.9. The van der Waals surface area contributed by atoms with E-state index in [-0.39, 0.29) is 0 Å². The molecular formula is C24H44O4. The van der Waals surface area contributed by atoms with Gasteiger partial charge in [-0.15, -0.1) is 0 Å². The van der Waals surface area contributed by atoms with Crippen LogP contribution >= 0.6 is 0 Å². The zero-order chi connectivity index (χ0) is 20.9. The molecular weight excluding hydrogens is 352 g/mol. The van der Waals surface area contributed by atoms with Gasteiger partial charge in [0.1, 0.15) is 0 Å². The average Bonchev–Trinajstić information content (AvgIpc) is 2.68. The maximum absolute atomic E-state index is 12.2. The highest BCUT2D eigenvalue weighted by Gasteiger charge is 2.60. The van der Waals surface area contributed by atoms with Gasteiger partial charge in [-0.2, -0.15) is 0 Å². The van der Waals surface area contributed by atoms with Crippen LogP contribution in [-0.4, -0.2) is 22.2 Å². The van der Waals surface area contributed by atoms with E-state index in [0.717, 1.165) is 32.1 Å². The third-order valence-electron chi connectivity index (χ3n) is 7.25. The third kappa shape index (κ3) is 6.49. The van der Waals surface area contributed by atoms with Gasteiger partial charge in [-0.3, -0.25) is 9.59 Å². The SMILES string of the molecule is CCCCCCCCCCCCCCC1(C(=O)O)CCCCC1(CC)C(=O)O. The minimum absolute atomic E-state index is 0.410. The number of rotatable bonds is 16. The first-order chi connectivity index (χ1) is 13.5. The molecule has 164 valence electrons. The quantitative estimate of drug-likeness (QED) is 0.270. The van der Waals surface area contributed by atoms with Gasteiger partial charge in [-0.1, -0.05) is 104 Å². The van der Waals surface area contributed by atoms with E-state index in [4.69, 9.17) is 0 Å². The normalized spacial score (nSPS) is 24.9. The van der Waals surface area contributed by atoms with Crippen molar-refractivity contribution in [1.29, 1.82) is 0 Å². The van der Waals surface area contributed by atoms with Crippen LogP contribution in [-0.2, 0) is 9.59 Å². The first kappa shape index (κ1) is 25.0. The van der Waals surface area contributed by atoms with E-state index in [1.165, 1.54) is 57.8 Å². The van der Waals surface area contributed by atoms with Crippen LogP contribution in [0.3, 0.4) is 0 Å². The number of carboxylic acids is 2. The fourth-order valence-corrected chi connectivity index (χ4v) is 5.36. The van der Waals surface area contributed by atoms with E-state index in [0.29, 0.717) is 25.7 Å². The van der Waals surface area contributed by atoms with Gasteiger partial charge in [0.15, 0.2) is 0 Å². The minimum atomic E-state index is -1.09. The molecule has 0 aliphatic heterocycles. The van der Waals surface area contributed by atoms with Crippen molar-refractivity contribution in [1.82, 2.24) is 0 Å². The molecule has 28 heavy (non-hydrogen) atoms. The molecule has 4 heteroatoms. The predicted octanol–water partition coefficient (Wildman–Crippen LogP) is 7.20. The highest BCUT2D eigenvalue weighted by Crippen LogP contribution is 2.56. The number of carboxylic acid groups (broad SMARTS) is 2. The van der Waals surface area contributed by atoms with E-state index >= 15 is 0 Å². The minimum Gasteiger partial charge on any atom is -0.481 e. The van der Waals surface area contributed by atoms with Gasteiger partial charge in [0.05, 0.1) is 10.8 Å². The van der Waals surface area contributed by atoms with Crippen molar-refractivity contribution < 1.29 is 19.8 Å². The van der Waals surface area contributed by atoms with Gasteiger partial charge in [0.25, 0.3) is 0 Å². The van der Waals surface area contributed by atoms with Crippen LogP contribution in [0, 0.1) is 10.8 Å². The van der Waals surface area contributed by atoms with Gasteiger partial charge in [0.2, 0.25) is 0 Å². The van der Waals surface area contributed by atoms with Gasteiger partial charge in [-0.25, -0.2) is 0 Å². The number of hydrogen-bond donors (Lipinski definition) is 2. The Balaban J connectivity index is 2.34. The molecule has 2 atom stereocenters. The van der Waals surface area contributed by atoms with Crippen molar-refractivity contribution in [2.24, 2.45) is 10.8 Å². The summed E-state index contributed by atoms with van der Waals surface area (Å²) in [6, 6.07) is 0. The number of aliphatic carboxylic acids is 2. The molecule has 1 saturated carbocycles. The Bertz CT molecular complexity index is 462. The summed E-state index contributed by atoms with van der Waals surface area (Å²) in [4.78, 5) is 24.3. The van der Waals surface area contributed by atoms with Crippen LogP contribution in [0.5, 0.6) is 0 Å². The molecule has 0 amide bonds. The van der Waals surface area contributed by atoms with Crippen LogP contribution in [0.2, 0.25) is 0 Å². The number of carbonyl (C=O) groups is 2. The van der Waals surface area contributed by atoms with Crippen molar-refractivity contribution in [2.75, 3.05) is 0 Å². The molecule has 0 spiro atoms. The van der Waals surface area contributed by atoms with Gasteiger partial charge < -0.3 is 10.2 Å². The average molecular weight is 397 g/mol. The number of hydrogen-bond acceptors (Lipinski definition) is 2. The Kier molecular flexibility index (Phi) is 11.8. The van der Waals surface area contributed by atoms with E-state index in [2.05, 4.69) is 6.92 Å². The van der Waals surface area contributed by atoms with E-state index in [1.807, 2.05) is 6.92 Å². The first-order valence-corrected chi connectivity index (χ1v) is 11.9. The second-order valence-electron chi connectivity index (χ2n) is 8.97. The van der Waals surface area contributed by atoms with Crippen LogP contribution in [0.25, 0.3) is 0 Å². The summed E-state index contributed by atoms with van der Waals surface area (Å²) in [5.41, 5.74) is -2.17. The molecule has 1 fully saturated rings. The summed E-state index contributed by atoms with van der Waals surface area (Å²) >= 11 is 0. The van der Waals surface area contributed by atoms with Crippen molar-refractivity contribution in [2.45, 2.75) is 129 Å². The molecule has 1 rings (SSSR count). The Morgan fingerprint density at radius 2 is 1.04 bits per heavy atom. The summed E-state index contributed by atoms with van der Waals surface area (Å²) < 4.78 is 0. The largest absolute Gasteiger partial charge is 0.481 e. The van der Waals surface area contributed by atoms with Crippen LogP contribution < -0.4 is 0 Å². The Labute approximate surface area is 172 Å². The van der Waals surface area contributed by atoms with Gasteiger partial charge >= 0.3 is 11.9 Å². The molecule has 0 radical (unpaired) electrons. The Morgan fingerprint density at radius 3 is 1.43 bits per heavy atom. The summed E-state index contributed by atoms with van der Waals surface area (Å²) in [5.74, 6) is -1.80. The lowest BCUT2D eigenvalue weighted by molar-refractivity contribution is -0.181. The zero-order valence-electron chi connectivity index (χ0n) is 18.4. The van der Waals surface area contributed by atoms with Gasteiger partial charge in [-0.05, 0) is 25.7 Å². The predicted molar refractivity (Wildman–Crippen MR) is 115 cm³/mol. The van der Waals surface area contributed by atoms with Crippen LogP contribution in [0.1, 0.15) is 129 Å². The van der Waals surface area contributed by atoms with Crippen LogP contribution in [0.15, 0.2) is 0 Å². The molecule has 2 N–H and O–H groups in total. The monoisotopic (exact) mass is 396 g/mol. The Morgan fingerprint density at radius 1 is 0.643 bits per heavy atom. The van der Waals surface area contributed by atoms with E-state index < -0.39 is 22.8 Å². The lowest BCUT2D eigenvalue weighted by atomic mass is 9.53. The lowest BCUT2D eigenvalue weighted by Crippen LogP contribution is -2.54. The maximum Gasteiger partial charge on any atom is 0.310 e. The molecule has 4 nitrogen and oxygen atoms in total. The highest BCUT2D eigenvalue weighted by atomic mass is 16.4. The molecule has 0 saturated heterocycles. The molecule has 0 aromatic carbocycles. The molecule has 2 unspecified atom stereocenters. The van der Waals surface area contributed by atoms with E-state index in [1.54, 1.807) is 0 Å². The Hall–Kier alpha value is -1.06. The third-order valence-corrected chi connectivity index (χ3v) is 7.25. The zero-order valence-corrected chi connectivity index (χ0v) is 18.4. The fraction of sp³-hybridized carbons (Fsp3) is 0.917. The highest BCUT2D eigenvalue weighted by molar-refractivity contribution is 5.87. The summed E-state index contributed by atoms with van der Waals surface area (Å²) in [6.45, 7) is 4.09. The smallest absolute Gasteiger partial charge is 0.310 e. The molecule has 0 aromatic rings. The second kappa shape index (κ2) is 13.2. The molecule has 0 heterocycles. The lowest BCUT2D eigenvalue weighted by Gasteiger charge is -2.48. The molecule has 0 aromatic heterocycles. The van der Waals surface area contributed by atoms with Crippen molar-refractivity contribution in [3.8, 4) is 0 Å². The van der Waals surface area contributed by atoms with Gasteiger partial charge in [0, 0.05) is 0 Å². The van der Waals surface area contributed by atoms with Crippen molar-refractivity contribution in [3.63, 3.8) is 0 Å². The second-order valence-corrected chi connectivity index (χ2v) is 8.97. The van der Waals surface area contributed by atoms with Crippen LogP contribution in [0.4, 0.5) is 0 Å². The number of unbranched alkanes of at least 4 members (excludes halogenated alkanes) is 11. The molecule has 0 bridgehead atoms. The molecule has 1 aliphatic rings. The molecule has 1 aliphatic carbocycles. The fourth-order valence-electron chi connectivity index (χ4n) is 5.36.